The molecule has 1 fully saturated rings. The van der Waals surface area contributed by atoms with Gasteiger partial charge in [0.2, 0.25) is 10.0 Å². The van der Waals surface area contributed by atoms with Gasteiger partial charge in [0, 0.05) is 19.6 Å². The van der Waals surface area contributed by atoms with Gasteiger partial charge in [0.15, 0.2) is 0 Å². The van der Waals surface area contributed by atoms with Crippen LogP contribution in [-0.2, 0) is 23.6 Å². The first-order valence-corrected chi connectivity index (χ1v) is 7.26. The predicted molar refractivity (Wildman–Crippen MR) is 62.7 cm³/mol. The fourth-order valence-electron chi connectivity index (χ4n) is 1.40. The minimum atomic E-state index is -3.24. The van der Waals surface area contributed by atoms with Crippen LogP contribution in [0.2, 0.25) is 0 Å². The summed E-state index contributed by atoms with van der Waals surface area (Å²) in [5, 5.41) is 10.7. The first-order valence-electron chi connectivity index (χ1n) is 5.60. The number of hydrogen-bond acceptors (Lipinski definition) is 5. The summed E-state index contributed by atoms with van der Waals surface area (Å²) in [4.78, 5) is 0. The molecule has 0 spiro atoms. The SMILES string of the molecule is Cn1cnnc1CNS(=O)(=O)CCNC1CC1. The van der Waals surface area contributed by atoms with Crippen molar-refractivity contribution < 1.29 is 8.42 Å². The van der Waals surface area contributed by atoms with Gasteiger partial charge < -0.3 is 9.88 Å². The van der Waals surface area contributed by atoms with E-state index in [0.29, 0.717) is 18.4 Å². The largest absolute Gasteiger partial charge is 0.320 e. The monoisotopic (exact) mass is 259 g/mol. The van der Waals surface area contributed by atoms with Gasteiger partial charge in [0.25, 0.3) is 0 Å². The van der Waals surface area contributed by atoms with Crippen LogP contribution in [0.3, 0.4) is 0 Å². The van der Waals surface area contributed by atoms with Gasteiger partial charge >= 0.3 is 0 Å². The molecule has 2 N–H and O–H groups in total. The number of nitrogens with zero attached hydrogens (tertiary/aromatic N) is 3. The van der Waals surface area contributed by atoms with Crippen molar-refractivity contribution in [3.05, 3.63) is 12.2 Å². The van der Waals surface area contributed by atoms with Gasteiger partial charge in [-0.25, -0.2) is 13.1 Å². The fourth-order valence-corrected chi connectivity index (χ4v) is 2.28. The van der Waals surface area contributed by atoms with Gasteiger partial charge in [-0.15, -0.1) is 10.2 Å². The van der Waals surface area contributed by atoms with Gasteiger partial charge in [-0.2, -0.15) is 0 Å². The molecule has 2 rings (SSSR count). The molecule has 8 heteroatoms. The summed E-state index contributed by atoms with van der Waals surface area (Å²) in [6.07, 6.45) is 3.86. The maximum atomic E-state index is 11.6. The highest BCUT2D eigenvalue weighted by Crippen LogP contribution is 2.17. The smallest absolute Gasteiger partial charge is 0.213 e. The number of nitrogens with one attached hydrogen (secondary N) is 2. The van der Waals surface area contributed by atoms with E-state index >= 15 is 0 Å². The zero-order valence-electron chi connectivity index (χ0n) is 9.76. The van der Waals surface area contributed by atoms with E-state index in [4.69, 9.17) is 0 Å². The van der Waals surface area contributed by atoms with Gasteiger partial charge in [-0.05, 0) is 12.8 Å². The molecule has 0 saturated heterocycles. The number of aromatic nitrogens is 3. The number of rotatable bonds is 7. The van der Waals surface area contributed by atoms with Gasteiger partial charge in [0.05, 0.1) is 12.3 Å². The van der Waals surface area contributed by atoms with Crippen LogP contribution in [-0.4, -0.2) is 41.5 Å². The first kappa shape index (κ1) is 12.5. The molecule has 1 saturated carbocycles. The van der Waals surface area contributed by atoms with E-state index < -0.39 is 10.0 Å². The Bertz CT molecular complexity index is 465. The van der Waals surface area contributed by atoms with E-state index in [1.54, 1.807) is 11.6 Å². The average Bonchev–Trinajstić information content (AvgIpc) is 2.98. The molecule has 0 atom stereocenters. The molecule has 0 radical (unpaired) electrons. The average molecular weight is 259 g/mol. The standard InChI is InChI=1S/C9H17N5O2S/c1-14-7-11-13-9(14)6-12-17(15,16)5-4-10-8-2-3-8/h7-8,10,12H,2-6H2,1H3. The molecule has 1 aliphatic rings. The third kappa shape index (κ3) is 4.06. The maximum Gasteiger partial charge on any atom is 0.213 e. The zero-order valence-corrected chi connectivity index (χ0v) is 10.6. The van der Waals surface area contributed by atoms with Crippen LogP contribution in [0.1, 0.15) is 18.7 Å². The van der Waals surface area contributed by atoms with Crippen molar-refractivity contribution in [2.75, 3.05) is 12.3 Å². The second kappa shape index (κ2) is 5.11. The van der Waals surface area contributed by atoms with Crippen LogP contribution in [0, 0.1) is 0 Å². The van der Waals surface area contributed by atoms with Crippen molar-refractivity contribution in [3.8, 4) is 0 Å². The summed E-state index contributed by atoms with van der Waals surface area (Å²) in [6.45, 7) is 0.682. The van der Waals surface area contributed by atoms with Crippen LogP contribution in [0.5, 0.6) is 0 Å². The zero-order chi connectivity index (χ0) is 12.3. The van der Waals surface area contributed by atoms with Crippen molar-refractivity contribution in [2.45, 2.75) is 25.4 Å². The fraction of sp³-hybridized carbons (Fsp3) is 0.778. The molecule has 1 aliphatic carbocycles. The Morgan fingerprint density at radius 1 is 1.53 bits per heavy atom. The summed E-state index contributed by atoms with van der Waals surface area (Å²) in [7, 11) is -1.46. The molecule has 1 aromatic rings. The molecule has 0 unspecified atom stereocenters. The Labute approximate surface area is 101 Å². The van der Waals surface area contributed by atoms with E-state index in [9.17, 15) is 8.42 Å². The summed E-state index contributed by atoms with van der Waals surface area (Å²) in [5.41, 5.74) is 0. The van der Waals surface area contributed by atoms with Crippen LogP contribution in [0.25, 0.3) is 0 Å². The second-order valence-corrected chi connectivity index (χ2v) is 6.15. The summed E-state index contributed by atoms with van der Waals surface area (Å²) < 4.78 is 27.5. The predicted octanol–water partition coefficient (Wildman–Crippen LogP) is -1.01. The highest BCUT2D eigenvalue weighted by molar-refractivity contribution is 7.89. The van der Waals surface area contributed by atoms with Crippen LogP contribution in [0.4, 0.5) is 0 Å². The lowest BCUT2D eigenvalue weighted by Crippen LogP contribution is -2.32. The van der Waals surface area contributed by atoms with Crippen molar-refractivity contribution in [1.29, 1.82) is 0 Å². The number of aryl methyl sites for hydroxylation is 1. The topological polar surface area (TPSA) is 88.9 Å². The molecule has 0 aliphatic heterocycles. The Hall–Kier alpha value is -0.990. The number of sulfonamides is 1. The highest BCUT2D eigenvalue weighted by Gasteiger charge is 2.21. The van der Waals surface area contributed by atoms with Gasteiger partial charge in [-0.3, -0.25) is 0 Å². The van der Waals surface area contributed by atoms with Crippen molar-refractivity contribution in [1.82, 2.24) is 24.8 Å². The molecule has 0 amide bonds. The van der Waals surface area contributed by atoms with Crippen LogP contribution in [0.15, 0.2) is 6.33 Å². The molecule has 17 heavy (non-hydrogen) atoms. The molecule has 0 aromatic carbocycles. The Balaban J connectivity index is 1.74. The molecule has 1 heterocycles. The second-order valence-electron chi connectivity index (χ2n) is 4.23. The van der Waals surface area contributed by atoms with Crippen LogP contribution >= 0.6 is 0 Å². The van der Waals surface area contributed by atoms with Crippen molar-refractivity contribution in [2.24, 2.45) is 7.05 Å². The molecule has 96 valence electrons. The van der Waals surface area contributed by atoms with E-state index in [1.807, 2.05) is 0 Å². The lowest BCUT2D eigenvalue weighted by Gasteiger charge is -2.06. The summed E-state index contributed by atoms with van der Waals surface area (Å²) in [6, 6.07) is 0.531. The Morgan fingerprint density at radius 2 is 2.29 bits per heavy atom. The lowest BCUT2D eigenvalue weighted by molar-refractivity contribution is 0.572. The van der Waals surface area contributed by atoms with E-state index in [-0.39, 0.29) is 12.3 Å². The van der Waals surface area contributed by atoms with E-state index in [1.165, 1.54) is 6.33 Å². The summed E-state index contributed by atoms with van der Waals surface area (Å²) >= 11 is 0. The first-order chi connectivity index (χ1) is 8.07. The Morgan fingerprint density at radius 3 is 2.88 bits per heavy atom. The van der Waals surface area contributed by atoms with Crippen molar-refractivity contribution in [3.63, 3.8) is 0 Å². The maximum absolute atomic E-state index is 11.6. The minimum absolute atomic E-state index is 0.0986. The van der Waals surface area contributed by atoms with E-state index in [2.05, 4.69) is 20.2 Å². The van der Waals surface area contributed by atoms with Gasteiger partial charge in [-0.1, -0.05) is 0 Å². The minimum Gasteiger partial charge on any atom is -0.320 e. The van der Waals surface area contributed by atoms with Crippen LogP contribution < -0.4 is 10.0 Å². The molecular formula is C9H17N5O2S. The van der Waals surface area contributed by atoms with Gasteiger partial charge in [0.1, 0.15) is 12.2 Å². The third-order valence-corrected chi connectivity index (χ3v) is 3.96. The molecule has 0 bridgehead atoms. The number of hydrogen-bond donors (Lipinski definition) is 2. The Kier molecular flexibility index (Phi) is 3.75. The molecule has 1 aromatic heterocycles. The van der Waals surface area contributed by atoms with Crippen molar-refractivity contribution >= 4 is 10.0 Å². The van der Waals surface area contributed by atoms with E-state index in [0.717, 1.165) is 12.8 Å². The summed E-state index contributed by atoms with van der Waals surface area (Å²) in [5.74, 6) is 0.699. The third-order valence-electron chi connectivity index (χ3n) is 2.64. The molecular weight excluding hydrogens is 242 g/mol. The highest BCUT2D eigenvalue weighted by atomic mass is 32.2. The quantitative estimate of drug-likeness (QED) is 0.655. The molecule has 7 nitrogen and oxygen atoms in total. The lowest BCUT2D eigenvalue weighted by atomic mass is 10.6. The normalized spacial score (nSPS) is 16.3.